The maximum Gasteiger partial charge on any atom is 0.164 e. The van der Waals surface area contributed by atoms with Gasteiger partial charge < -0.3 is 5.11 Å². The Morgan fingerprint density at radius 3 is 2.10 bits per heavy atom. The molecule has 0 spiro atoms. The van der Waals surface area contributed by atoms with Gasteiger partial charge in [0.25, 0.3) is 0 Å². The summed E-state index contributed by atoms with van der Waals surface area (Å²) in [6.45, 7) is 21.1. The van der Waals surface area contributed by atoms with Crippen LogP contribution in [0.15, 0.2) is 72.6 Å². The number of benzene rings is 3. The van der Waals surface area contributed by atoms with Gasteiger partial charge in [-0.2, -0.15) is 0 Å². The van der Waals surface area contributed by atoms with Gasteiger partial charge >= 0.3 is 0 Å². The Hall–Kier alpha value is -2.89. The number of aliphatic hydroxyl groups is 1. The van der Waals surface area contributed by atoms with E-state index in [1.807, 2.05) is 70.4 Å². The van der Waals surface area contributed by atoms with Gasteiger partial charge in [-0.05, 0) is 67.0 Å². The number of ketones is 1. The van der Waals surface area contributed by atoms with Crippen molar-refractivity contribution in [1.29, 1.82) is 0 Å². The number of thiophene rings is 2. The van der Waals surface area contributed by atoms with Gasteiger partial charge in [-0.15, -0.1) is 51.8 Å². The van der Waals surface area contributed by atoms with Crippen LogP contribution in [0.3, 0.4) is 0 Å². The molecule has 261 valence electrons. The van der Waals surface area contributed by atoms with Crippen LogP contribution in [0, 0.1) is 23.8 Å². The summed E-state index contributed by atoms with van der Waals surface area (Å²) < 4.78 is 4.01. The number of hydrogen-bond donors (Lipinski definition) is 1. The van der Waals surface area contributed by atoms with E-state index in [9.17, 15) is 9.90 Å². The topological polar surface area (TPSA) is 50.2 Å². The summed E-state index contributed by atoms with van der Waals surface area (Å²) in [6, 6.07) is 23.6. The largest absolute Gasteiger partial charge is 0.512 e. The molecular formula is C43H50IrNO2S2-. The second-order valence-electron chi connectivity index (χ2n) is 14.7. The fraction of sp³-hybridized carbons (Fsp3) is 0.395. The Labute approximate surface area is 314 Å². The minimum atomic E-state index is -0.337. The standard InChI is InChI=1S/C28H22NS2.C15H28O2.Ir/c1-16-13-21-23(30-16)10-9-20-25-24(31-27(20)21)11-12-29-26(25)18-14-17-7-5-6-8-19(17)22(15-18)28(2,3)4;1-7-14(5,8-2)12(16)11-13(17)15(6,9-3)10-4;/h5-13,15H,1-4H3;11,16H,7-10H2,1-6H3;/q-1;;/b;12-11-;. The van der Waals surface area contributed by atoms with E-state index >= 15 is 0 Å². The molecule has 0 bridgehead atoms. The van der Waals surface area contributed by atoms with E-state index < -0.39 is 0 Å². The van der Waals surface area contributed by atoms with E-state index in [4.69, 9.17) is 4.98 Å². The normalized spacial score (nSPS) is 12.7. The molecule has 6 heteroatoms. The van der Waals surface area contributed by atoms with Gasteiger partial charge in [-0.3, -0.25) is 9.78 Å². The predicted molar refractivity (Wildman–Crippen MR) is 211 cm³/mol. The molecule has 0 amide bonds. The third-order valence-corrected chi connectivity index (χ3v) is 12.8. The van der Waals surface area contributed by atoms with Crippen molar-refractivity contribution in [1.82, 2.24) is 4.98 Å². The Morgan fingerprint density at radius 1 is 0.816 bits per heavy atom. The van der Waals surface area contributed by atoms with Crippen LogP contribution >= 0.6 is 22.7 Å². The second-order valence-corrected chi connectivity index (χ2v) is 17.0. The van der Waals surface area contributed by atoms with E-state index in [0.29, 0.717) is 0 Å². The Bertz CT molecular complexity index is 2140. The molecule has 0 atom stereocenters. The Morgan fingerprint density at radius 2 is 1.47 bits per heavy atom. The smallest absolute Gasteiger partial charge is 0.164 e. The van der Waals surface area contributed by atoms with Crippen molar-refractivity contribution in [2.24, 2.45) is 10.8 Å². The van der Waals surface area contributed by atoms with Gasteiger partial charge in [0.05, 0.1) is 0 Å². The minimum absolute atomic E-state index is 0. The fourth-order valence-electron chi connectivity index (χ4n) is 6.29. The number of nitrogens with zero attached hydrogens (tertiary/aromatic N) is 1. The van der Waals surface area contributed by atoms with Crippen LogP contribution < -0.4 is 0 Å². The van der Waals surface area contributed by atoms with E-state index in [1.165, 1.54) is 52.2 Å². The van der Waals surface area contributed by atoms with E-state index in [1.54, 1.807) is 0 Å². The average molecular weight is 869 g/mol. The zero-order valence-electron chi connectivity index (χ0n) is 30.6. The molecule has 0 fully saturated rings. The molecule has 49 heavy (non-hydrogen) atoms. The molecule has 3 heterocycles. The van der Waals surface area contributed by atoms with Crippen molar-refractivity contribution < 1.29 is 30.0 Å². The van der Waals surface area contributed by atoms with Crippen LogP contribution in [-0.4, -0.2) is 15.9 Å². The molecule has 0 aliphatic heterocycles. The maximum atomic E-state index is 12.2. The van der Waals surface area contributed by atoms with E-state index in [-0.39, 0.29) is 47.9 Å². The number of hydrogen-bond acceptors (Lipinski definition) is 5. The zero-order valence-corrected chi connectivity index (χ0v) is 34.7. The summed E-state index contributed by atoms with van der Waals surface area (Å²) in [5.41, 5.74) is 2.89. The molecule has 1 radical (unpaired) electrons. The SMILES string of the molecule is CCC(C)(CC)C(=O)/C=C(\O)C(C)(CC)CC.Cc1cc2c(ccc3c2sc2ccnc(-c4[c-]c5ccccc5c(C(C)(C)C)c4)c23)s1.[Ir]. The third kappa shape index (κ3) is 7.59. The number of aryl methyl sites for hydroxylation is 1. The second kappa shape index (κ2) is 15.2. The predicted octanol–water partition coefficient (Wildman–Crippen LogP) is 13.5. The van der Waals surface area contributed by atoms with Gasteiger partial charge in [0.15, 0.2) is 5.78 Å². The molecule has 3 aromatic carbocycles. The zero-order chi connectivity index (χ0) is 35.0. The molecule has 6 rings (SSSR count). The van der Waals surface area contributed by atoms with Crippen molar-refractivity contribution >= 4 is 69.5 Å². The third-order valence-electron chi connectivity index (χ3n) is 10.6. The van der Waals surface area contributed by atoms with Gasteiger partial charge in [-0.1, -0.05) is 97.5 Å². The first-order valence-electron chi connectivity index (χ1n) is 17.3. The van der Waals surface area contributed by atoms with Crippen molar-refractivity contribution in [3.63, 3.8) is 0 Å². The summed E-state index contributed by atoms with van der Waals surface area (Å²) in [5, 5.41) is 16.5. The van der Waals surface area contributed by atoms with Gasteiger partial charge in [0, 0.05) is 73.3 Å². The summed E-state index contributed by atoms with van der Waals surface area (Å²) in [6.07, 6.45) is 6.70. The van der Waals surface area contributed by atoms with Crippen LogP contribution in [0.25, 0.3) is 52.3 Å². The number of aromatic nitrogens is 1. The minimum Gasteiger partial charge on any atom is -0.512 e. The van der Waals surface area contributed by atoms with Gasteiger partial charge in [-0.25, -0.2) is 0 Å². The fourth-order valence-corrected chi connectivity index (χ4v) is 8.50. The monoisotopic (exact) mass is 869 g/mol. The molecule has 3 aromatic heterocycles. The first-order valence-corrected chi connectivity index (χ1v) is 18.9. The Balaban J connectivity index is 0.000000260. The first-order chi connectivity index (χ1) is 22.7. The van der Waals surface area contributed by atoms with Crippen LogP contribution in [0.1, 0.15) is 98.4 Å². The number of allylic oxidation sites excluding steroid dienone is 2. The number of carbonyl (C=O) groups excluding carboxylic acids is 1. The molecule has 0 saturated carbocycles. The van der Waals surface area contributed by atoms with Crippen molar-refractivity contribution in [2.75, 3.05) is 0 Å². The number of pyridine rings is 1. The van der Waals surface area contributed by atoms with Crippen molar-refractivity contribution in [3.8, 4) is 11.3 Å². The summed E-state index contributed by atoms with van der Waals surface area (Å²) >= 11 is 3.75. The van der Waals surface area contributed by atoms with Crippen LogP contribution in [-0.2, 0) is 30.3 Å². The van der Waals surface area contributed by atoms with Crippen LogP contribution in [0.4, 0.5) is 0 Å². The Kier molecular flexibility index (Phi) is 12.0. The molecule has 3 nitrogen and oxygen atoms in total. The van der Waals surface area contributed by atoms with Gasteiger partial charge in [0.1, 0.15) is 5.76 Å². The molecule has 0 unspecified atom stereocenters. The van der Waals surface area contributed by atoms with Crippen molar-refractivity contribution in [3.05, 3.63) is 89.1 Å². The average Bonchev–Trinajstić information content (AvgIpc) is 3.66. The summed E-state index contributed by atoms with van der Waals surface area (Å²) in [4.78, 5) is 18.4. The summed E-state index contributed by atoms with van der Waals surface area (Å²) in [5.74, 6) is 0.286. The van der Waals surface area contributed by atoms with Gasteiger partial charge in [0.2, 0.25) is 0 Å². The number of rotatable bonds is 8. The van der Waals surface area contributed by atoms with Crippen LogP contribution in [0.5, 0.6) is 0 Å². The molecule has 0 aliphatic rings. The number of carbonyl (C=O) groups is 1. The van der Waals surface area contributed by atoms with E-state index in [2.05, 4.69) is 88.4 Å². The van der Waals surface area contributed by atoms with Crippen molar-refractivity contribution in [2.45, 2.75) is 100 Å². The summed E-state index contributed by atoms with van der Waals surface area (Å²) in [7, 11) is 0. The van der Waals surface area contributed by atoms with E-state index in [0.717, 1.165) is 42.3 Å². The molecule has 1 N–H and O–H groups in total. The number of fused-ring (bicyclic) bond motifs is 6. The number of aliphatic hydroxyl groups excluding tert-OH is 1. The maximum absolute atomic E-state index is 12.2. The molecule has 0 saturated heterocycles. The molecular weight excluding hydrogens is 819 g/mol. The quantitative estimate of drug-likeness (QED) is 0.0942. The first kappa shape index (κ1) is 38.9. The van der Waals surface area contributed by atoms with Crippen LogP contribution in [0.2, 0.25) is 0 Å². The molecule has 6 aromatic rings. The molecule has 0 aliphatic carbocycles.